The molecule has 5 heteroatoms. The SMILES string of the molecule is CC(C)(C)OC(=O)N1CCCCC1(F)F. The van der Waals surface area contributed by atoms with E-state index in [9.17, 15) is 13.6 Å². The molecule has 1 saturated heterocycles. The molecule has 0 N–H and O–H groups in total. The number of amides is 1. The highest BCUT2D eigenvalue weighted by atomic mass is 19.3. The molecule has 3 nitrogen and oxygen atoms in total. The van der Waals surface area contributed by atoms with E-state index in [0.29, 0.717) is 17.7 Å². The van der Waals surface area contributed by atoms with E-state index in [1.54, 1.807) is 20.8 Å². The van der Waals surface area contributed by atoms with Crippen molar-refractivity contribution in [3.8, 4) is 0 Å². The molecule has 0 aliphatic carbocycles. The summed E-state index contributed by atoms with van der Waals surface area (Å²) < 4.78 is 31.6. The third-order valence-electron chi connectivity index (χ3n) is 2.12. The molecule has 88 valence electrons. The molecular weight excluding hydrogens is 204 g/mol. The quantitative estimate of drug-likeness (QED) is 0.588. The Balaban J connectivity index is 2.65. The second kappa shape index (κ2) is 3.94. The summed E-state index contributed by atoms with van der Waals surface area (Å²) in [7, 11) is 0. The number of likely N-dealkylation sites (tertiary alicyclic amines) is 1. The van der Waals surface area contributed by atoms with Gasteiger partial charge in [-0.1, -0.05) is 0 Å². The summed E-state index contributed by atoms with van der Waals surface area (Å²) in [6.45, 7) is 5.05. The van der Waals surface area contributed by atoms with Gasteiger partial charge < -0.3 is 4.74 Å². The van der Waals surface area contributed by atoms with Gasteiger partial charge in [-0.15, -0.1) is 0 Å². The highest BCUT2D eigenvalue weighted by Crippen LogP contribution is 2.32. The Labute approximate surface area is 88.4 Å². The van der Waals surface area contributed by atoms with E-state index in [0.717, 1.165) is 0 Å². The first-order valence-corrected chi connectivity index (χ1v) is 5.11. The molecule has 1 fully saturated rings. The number of carbonyl (C=O) groups is 1. The standard InChI is InChI=1S/C10H17F2NO2/c1-9(2,3)15-8(14)13-7-5-4-6-10(13,11)12/h4-7H2,1-3H3. The Kier molecular flexibility index (Phi) is 3.21. The molecule has 0 saturated carbocycles. The average molecular weight is 221 g/mol. The molecule has 15 heavy (non-hydrogen) atoms. The predicted molar refractivity (Wildman–Crippen MR) is 51.7 cm³/mol. The van der Waals surface area contributed by atoms with Gasteiger partial charge in [-0.2, -0.15) is 8.78 Å². The summed E-state index contributed by atoms with van der Waals surface area (Å²) in [4.78, 5) is 12.0. The smallest absolute Gasteiger partial charge is 0.414 e. The van der Waals surface area contributed by atoms with E-state index in [2.05, 4.69) is 0 Å². The summed E-state index contributed by atoms with van der Waals surface area (Å²) in [5.41, 5.74) is -0.732. The molecule has 1 aliphatic rings. The van der Waals surface area contributed by atoms with Gasteiger partial charge in [0.25, 0.3) is 0 Å². The van der Waals surface area contributed by atoms with Gasteiger partial charge in [-0.25, -0.2) is 9.69 Å². The van der Waals surface area contributed by atoms with Crippen molar-refractivity contribution in [2.24, 2.45) is 0 Å². The summed E-state index contributed by atoms with van der Waals surface area (Å²) in [5, 5.41) is 0. The van der Waals surface area contributed by atoms with E-state index in [1.807, 2.05) is 0 Å². The van der Waals surface area contributed by atoms with Gasteiger partial charge in [0.1, 0.15) is 5.60 Å². The maximum Gasteiger partial charge on any atom is 0.414 e. The lowest BCUT2D eigenvalue weighted by molar-refractivity contribution is -0.157. The van der Waals surface area contributed by atoms with Crippen LogP contribution in [0.25, 0.3) is 0 Å². The average Bonchev–Trinajstić information content (AvgIpc) is 1.99. The molecule has 0 radical (unpaired) electrons. The van der Waals surface area contributed by atoms with Gasteiger partial charge in [0.05, 0.1) is 0 Å². The van der Waals surface area contributed by atoms with Gasteiger partial charge in [-0.05, 0) is 33.6 Å². The molecule has 0 spiro atoms. The van der Waals surface area contributed by atoms with Crippen LogP contribution < -0.4 is 0 Å². The Morgan fingerprint density at radius 3 is 2.40 bits per heavy atom. The summed E-state index contributed by atoms with van der Waals surface area (Å²) in [6.07, 6.45) is -0.139. The molecule has 1 amide bonds. The lowest BCUT2D eigenvalue weighted by Crippen LogP contribution is -2.50. The monoisotopic (exact) mass is 221 g/mol. The van der Waals surface area contributed by atoms with Crippen molar-refractivity contribution >= 4 is 6.09 Å². The van der Waals surface area contributed by atoms with Crippen molar-refractivity contribution in [3.05, 3.63) is 0 Å². The van der Waals surface area contributed by atoms with E-state index in [1.165, 1.54) is 0 Å². The Morgan fingerprint density at radius 1 is 1.33 bits per heavy atom. The number of piperidine rings is 1. The molecule has 0 bridgehead atoms. The topological polar surface area (TPSA) is 29.5 Å². The van der Waals surface area contributed by atoms with Crippen LogP contribution in [0.4, 0.5) is 13.6 Å². The lowest BCUT2D eigenvalue weighted by atomic mass is 10.1. The molecule has 1 aliphatic heterocycles. The molecule has 0 unspecified atom stereocenters. The van der Waals surface area contributed by atoms with Gasteiger partial charge >= 0.3 is 12.1 Å². The van der Waals surface area contributed by atoms with Gasteiger partial charge in [0, 0.05) is 13.0 Å². The van der Waals surface area contributed by atoms with E-state index in [4.69, 9.17) is 4.74 Å². The highest BCUT2D eigenvalue weighted by molar-refractivity contribution is 5.68. The van der Waals surface area contributed by atoms with Crippen LogP contribution in [0, 0.1) is 0 Å². The summed E-state index contributed by atoms with van der Waals surface area (Å²) in [5.74, 6) is 0. The van der Waals surface area contributed by atoms with E-state index in [-0.39, 0.29) is 13.0 Å². The van der Waals surface area contributed by atoms with Crippen molar-refractivity contribution in [1.82, 2.24) is 4.90 Å². The van der Waals surface area contributed by atoms with Crippen molar-refractivity contribution < 1.29 is 18.3 Å². The van der Waals surface area contributed by atoms with Crippen LogP contribution in [0.5, 0.6) is 0 Å². The zero-order valence-corrected chi connectivity index (χ0v) is 9.35. The first-order valence-electron chi connectivity index (χ1n) is 5.11. The zero-order chi connectivity index (χ0) is 11.7. The molecule has 1 heterocycles. The number of halogens is 2. The Bertz CT molecular complexity index is 248. The number of hydrogen-bond acceptors (Lipinski definition) is 2. The van der Waals surface area contributed by atoms with Crippen LogP contribution in [-0.4, -0.2) is 29.2 Å². The summed E-state index contributed by atoms with van der Waals surface area (Å²) >= 11 is 0. The highest BCUT2D eigenvalue weighted by Gasteiger charge is 2.43. The number of ether oxygens (including phenoxy) is 1. The van der Waals surface area contributed by atoms with Crippen LogP contribution >= 0.6 is 0 Å². The summed E-state index contributed by atoms with van der Waals surface area (Å²) in [6, 6.07) is -3.05. The minimum absolute atomic E-state index is 0.0713. The third kappa shape index (κ3) is 3.32. The van der Waals surface area contributed by atoms with E-state index < -0.39 is 17.7 Å². The second-order valence-corrected chi connectivity index (χ2v) is 4.75. The number of nitrogens with zero attached hydrogens (tertiary/aromatic N) is 1. The number of hydrogen-bond donors (Lipinski definition) is 0. The predicted octanol–water partition coefficient (Wildman–Crippen LogP) is 3.00. The van der Waals surface area contributed by atoms with Gasteiger partial charge in [-0.3, -0.25) is 0 Å². The fraction of sp³-hybridized carbons (Fsp3) is 0.900. The maximum atomic E-state index is 13.3. The van der Waals surface area contributed by atoms with Crippen molar-refractivity contribution in [2.45, 2.75) is 51.7 Å². The molecule has 0 aromatic rings. The Hall–Kier alpha value is -0.870. The van der Waals surface area contributed by atoms with Crippen LogP contribution in [0.15, 0.2) is 0 Å². The van der Waals surface area contributed by atoms with Crippen molar-refractivity contribution in [3.63, 3.8) is 0 Å². The maximum absolute atomic E-state index is 13.3. The first kappa shape index (κ1) is 12.2. The Morgan fingerprint density at radius 2 is 1.93 bits per heavy atom. The van der Waals surface area contributed by atoms with Gasteiger partial charge in [0.2, 0.25) is 0 Å². The largest absolute Gasteiger partial charge is 0.444 e. The third-order valence-corrected chi connectivity index (χ3v) is 2.12. The van der Waals surface area contributed by atoms with Crippen LogP contribution in [-0.2, 0) is 4.74 Å². The second-order valence-electron chi connectivity index (χ2n) is 4.75. The number of rotatable bonds is 0. The molecule has 0 atom stereocenters. The normalized spacial score (nSPS) is 21.3. The lowest BCUT2D eigenvalue weighted by Gasteiger charge is -2.35. The van der Waals surface area contributed by atoms with Crippen molar-refractivity contribution in [1.29, 1.82) is 0 Å². The van der Waals surface area contributed by atoms with Crippen LogP contribution in [0.3, 0.4) is 0 Å². The van der Waals surface area contributed by atoms with Crippen LogP contribution in [0.2, 0.25) is 0 Å². The minimum Gasteiger partial charge on any atom is -0.444 e. The minimum atomic E-state index is -3.05. The molecule has 1 rings (SSSR count). The first-order chi connectivity index (χ1) is 6.72. The molecule has 0 aromatic carbocycles. The zero-order valence-electron chi connectivity index (χ0n) is 9.35. The fourth-order valence-corrected chi connectivity index (χ4v) is 1.45. The number of alkyl halides is 2. The molecular formula is C10H17F2NO2. The van der Waals surface area contributed by atoms with Gasteiger partial charge in [0.15, 0.2) is 0 Å². The van der Waals surface area contributed by atoms with E-state index >= 15 is 0 Å². The van der Waals surface area contributed by atoms with Crippen LogP contribution in [0.1, 0.15) is 40.0 Å². The molecule has 0 aromatic heterocycles. The van der Waals surface area contributed by atoms with Crippen molar-refractivity contribution in [2.75, 3.05) is 6.54 Å². The number of carbonyl (C=O) groups excluding carboxylic acids is 1. The fourth-order valence-electron chi connectivity index (χ4n) is 1.45.